The number of carboxylic acids is 1. The van der Waals surface area contributed by atoms with Gasteiger partial charge in [0.15, 0.2) is 0 Å². The van der Waals surface area contributed by atoms with Crippen molar-refractivity contribution in [3.05, 3.63) is 28.5 Å². The molecule has 1 saturated heterocycles. The summed E-state index contributed by atoms with van der Waals surface area (Å²) >= 11 is 6.01. The summed E-state index contributed by atoms with van der Waals surface area (Å²) < 4.78 is 0. The molecular formula is C15H19ClN2O3. The number of hydrogen-bond donors (Lipinski definition) is 1. The molecule has 0 saturated carbocycles. The Labute approximate surface area is 128 Å². The molecule has 0 bridgehead atoms. The number of carbonyl (C=O) groups is 2. The van der Waals surface area contributed by atoms with E-state index in [1.807, 2.05) is 20.8 Å². The van der Waals surface area contributed by atoms with Crippen LogP contribution >= 0.6 is 11.6 Å². The molecule has 0 spiro atoms. The van der Waals surface area contributed by atoms with E-state index in [0.29, 0.717) is 30.6 Å². The summed E-state index contributed by atoms with van der Waals surface area (Å²) in [5.74, 6) is -1.26. The zero-order chi connectivity index (χ0) is 15.8. The number of pyridine rings is 1. The van der Waals surface area contributed by atoms with E-state index < -0.39 is 12.0 Å². The van der Waals surface area contributed by atoms with Gasteiger partial charge in [0.05, 0.1) is 0 Å². The predicted octanol–water partition coefficient (Wildman–Crippen LogP) is 2.72. The molecule has 0 aliphatic carbocycles. The Balaban J connectivity index is 2.35. The fourth-order valence-corrected chi connectivity index (χ4v) is 2.65. The van der Waals surface area contributed by atoms with E-state index in [0.717, 1.165) is 0 Å². The second kappa shape index (κ2) is 5.64. The molecule has 1 aliphatic heterocycles. The van der Waals surface area contributed by atoms with E-state index in [4.69, 9.17) is 11.6 Å². The van der Waals surface area contributed by atoms with Crippen LogP contribution in [0.1, 0.15) is 49.7 Å². The lowest BCUT2D eigenvalue weighted by atomic mass is 9.90. The molecule has 2 rings (SSSR count). The fourth-order valence-electron chi connectivity index (χ4n) is 2.44. The van der Waals surface area contributed by atoms with Crippen molar-refractivity contribution in [2.75, 3.05) is 6.54 Å². The van der Waals surface area contributed by atoms with Crippen LogP contribution in [0.3, 0.4) is 0 Å². The van der Waals surface area contributed by atoms with E-state index in [1.54, 1.807) is 6.07 Å². The minimum Gasteiger partial charge on any atom is -0.480 e. The summed E-state index contributed by atoms with van der Waals surface area (Å²) in [7, 11) is 0. The summed E-state index contributed by atoms with van der Waals surface area (Å²) in [5.41, 5.74) is 0.870. The molecule has 6 heteroatoms. The van der Waals surface area contributed by atoms with Crippen LogP contribution in [0.4, 0.5) is 0 Å². The Kier molecular flexibility index (Phi) is 4.23. The van der Waals surface area contributed by atoms with Gasteiger partial charge < -0.3 is 10.0 Å². The monoisotopic (exact) mass is 310 g/mol. The third kappa shape index (κ3) is 3.35. The lowest BCUT2D eigenvalue weighted by Crippen LogP contribution is -2.40. The van der Waals surface area contributed by atoms with Gasteiger partial charge >= 0.3 is 5.97 Å². The van der Waals surface area contributed by atoms with E-state index in [9.17, 15) is 14.7 Å². The molecule has 0 radical (unpaired) electrons. The normalized spacial score (nSPS) is 18.9. The van der Waals surface area contributed by atoms with E-state index in [1.165, 1.54) is 11.0 Å². The first kappa shape index (κ1) is 15.8. The molecule has 1 amide bonds. The van der Waals surface area contributed by atoms with Gasteiger partial charge in [-0.05, 0) is 25.0 Å². The molecule has 21 heavy (non-hydrogen) atoms. The van der Waals surface area contributed by atoms with Crippen LogP contribution in [0.5, 0.6) is 0 Å². The highest BCUT2D eigenvalue weighted by molar-refractivity contribution is 6.29. The van der Waals surface area contributed by atoms with Gasteiger partial charge in [0, 0.05) is 23.2 Å². The molecule has 5 nitrogen and oxygen atoms in total. The van der Waals surface area contributed by atoms with Crippen LogP contribution in [0.2, 0.25) is 5.15 Å². The first-order chi connectivity index (χ1) is 9.70. The van der Waals surface area contributed by atoms with Gasteiger partial charge in [-0.15, -0.1) is 0 Å². The van der Waals surface area contributed by atoms with Crippen molar-refractivity contribution in [3.63, 3.8) is 0 Å². The Hall–Kier alpha value is -1.62. The van der Waals surface area contributed by atoms with E-state index in [2.05, 4.69) is 4.98 Å². The molecular weight excluding hydrogens is 292 g/mol. The number of aromatic nitrogens is 1. The average molecular weight is 311 g/mol. The lowest BCUT2D eigenvalue weighted by Gasteiger charge is -2.23. The van der Waals surface area contributed by atoms with Crippen molar-refractivity contribution in [3.8, 4) is 0 Å². The van der Waals surface area contributed by atoms with Crippen LogP contribution in [0, 0.1) is 0 Å². The number of carboxylic acid groups (broad SMARTS) is 1. The topological polar surface area (TPSA) is 70.5 Å². The first-order valence-corrected chi connectivity index (χ1v) is 7.30. The predicted molar refractivity (Wildman–Crippen MR) is 79.6 cm³/mol. The van der Waals surface area contributed by atoms with Gasteiger partial charge in [-0.25, -0.2) is 9.78 Å². The van der Waals surface area contributed by atoms with Gasteiger partial charge in [-0.2, -0.15) is 0 Å². The minimum absolute atomic E-state index is 0.239. The average Bonchev–Trinajstić information content (AvgIpc) is 2.85. The number of carbonyl (C=O) groups excluding carboxylic acids is 1. The molecule has 2 heterocycles. The summed E-state index contributed by atoms with van der Waals surface area (Å²) in [4.78, 5) is 29.4. The molecule has 1 aliphatic rings. The maximum absolute atomic E-state index is 12.6. The second-order valence-corrected chi connectivity index (χ2v) is 6.70. The standard InChI is InChI=1S/C15H19ClN2O3/c1-15(2,3)11-7-9(8-12(16)17-11)13(19)18-6-4-5-10(18)14(20)21/h7-8,10H,4-6H2,1-3H3,(H,20,21). The highest BCUT2D eigenvalue weighted by Crippen LogP contribution is 2.26. The number of likely N-dealkylation sites (tertiary alicyclic amines) is 1. The number of hydrogen-bond acceptors (Lipinski definition) is 3. The molecule has 1 N–H and O–H groups in total. The van der Waals surface area contributed by atoms with Crippen LogP contribution in [0.15, 0.2) is 12.1 Å². The van der Waals surface area contributed by atoms with Crippen molar-refractivity contribution in [2.24, 2.45) is 0 Å². The molecule has 1 aromatic rings. The largest absolute Gasteiger partial charge is 0.480 e. The number of rotatable bonds is 2. The van der Waals surface area contributed by atoms with Crippen molar-refractivity contribution in [1.29, 1.82) is 0 Å². The molecule has 1 atom stereocenters. The zero-order valence-corrected chi connectivity index (χ0v) is 13.1. The molecule has 114 valence electrons. The van der Waals surface area contributed by atoms with E-state index in [-0.39, 0.29) is 16.5 Å². The quantitative estimate of drug-likeness (QED) is 0.853. The Morgan fingerprint density at radius 3 is 2.62 bits per heavy atom. The van der Waals surface area contributed by atoms with Crippen molar-refractivity contribution >= 4 is 23.5 Å². The van der Waals surface area contributed by atoms with Gasteiger partial charge in [-0.1, -0.05) is 32.4 Å². The molecule has 1 aromatic heterocycles. The smallest absolute Gasteiger partial charge is 0.326 e. The van der Waals surface area contributed by atoms with Crippen LogP contribution in [0.25, 0.3) is 0 Å². The molecule has 1 unspecified atom stereocenters. The van der Waals surface area contributed by atoms with Gasteiger partial charge in [-0.3, -0.25) is 4.79 Å². The third-order valence-corrected chi connectivity index (χ3v) is 3.80. The molecule has 0 aromatic carbocycles. The number of nitrogens with zero attached hydrogens (tertiary/aromatic N) is 2. The number of aliphatic carboxylic acids is 1. The Morgan fingerprint density at radius 1 is 1.38 bits per heavy atom. The number of halogens is 1. The number of amides is 1. The van der Waals surface area contributed by atoms with E-state index >= 15 is 0 Å². The Morgan fingerprint density at radius 2 is 2.05 bits per heavy atom. The van der Waals surface area contributed by atoms with Gasteiger partial charge in [0.2, 0.25) is 0 Å². The third-order valence-electron chi connectivity index (χ3n) is 3.61. The highest BCUT2D eigenvalue weighted by atomic mass is 35.5. The van der Waals surface area contributed by atoms with Crippen LogP contribution < -0.4 is 0 Å². The maximum atomic E-state index is 12.6. The summed E-state index contributed by atoms with van der Waals surface area (Å²) in [6.07, 6.45) is 1.19. The van der Waals surface area contributed by atoms with Crippen LogP contribution in [-0.2, 0) is 10.2 Å². The van der Waals surface area contributed by atoms with Crippen molar-refractivity contribution in [1.82, 2.24) is 9.88 Å². The summed E-state index contributed by atoms with van der Waals surface area (Å²) in [6, 6.07) is 2.45. The van der Waals surface area contributed by atoms with Crippen molar-refractivity contribution < 1.29 is 14.7 Å². The summed E-state index contributed by atoms with van der Waals surface area (Å²) in [5, 5.41) is 9.43. The first-order valence-electron chi connectivity index (χ1n) is 6.92. The second-order valence-electron chi connectivity index (χ2n) is 6.31. The van der Waals surface area contributed by atoms with Gasteiger partial charge in [0.1, 0.15) is 11.2 Å². The highest BCUT2D eigenvalue weighted by Gasteiger charge is 2.35. The maximum Gasteiger partial charge on any atom is 0.326 e. The van der Waals surface area contributed by atoms with Crippen LogP contribution in [-0.4, -0.2) is 39.5 Å². The van der Waals surface area contributed by atoms with Crippen molar-refractivity contribution in [2.45, 2.75) is 45.1 Å². The minimum atomic E-state index is -0.961. The fraction of sp³-hybridized carbons (Fsp3) is 0.533. The lowest BCUT2D eigenvalue weighted by molar-refractivity contribution is -0.141. The Bertz CT molecular complexity index is 581. The SMILES string of the molecule is CC(C)(C)c1cc(C(=O)N2CCCC2C(=O)O)cc(Cl)n1. The molecule has 1 fully saturated rings. The summed E-state index contributed by atoms with van der Waals surface area (Å²) in [6.45, 7) is 6.40. The van der Waals surface area contributed by atoms with Gasteiger partial charge in [0.25, 0.3) is 5.91 Å². The zero-order valence-electron chi connectivity index (χ0n) is 12.4.